The maximum absolute atomic E-state index is 13.1. The monoisotopic (exact) mass is 327 g/mol. The predicted octanol–water partition coefficient (Wildman–Crippen LogP) is 2.45. The van der Waals surface area contributed by atoms with Gasteiger partial charge in [-0.15, -0.1) is 0 Å². The Kier molecular flexibility index (Phi) is 4.08. The number of para-hydroxylation sites is 1. The zero-order valence-electron chi connectivity index (χ0n) is 13.8. The van der Waals surface area contributed by atoms with Gasteiger partial charge in [0.25, 0.3) is 5.91 Å². The number of benzene rings is 1. The number of amides is 1. The lowest BCUT2D eigenvalue weighted by Gasteiger charge is -2.25. The van der Waals surface area contributed by atoms with Crippen molar-refractivity contribution in [2.75, 3.05) is 25.1 Å². The van der Waals surface area contributed by atoms with Crippen molar-refractivity contribution in [3.63, 3.8) is 0 Å². The van der Waals surface area contributed by atoms with Crippen molar-refractivity contribution >= 4 is 11.6 Å². The molecule has 1 aromatic carbocycles. The fraction of sp³-hybridized carbons (Fsp3) is 0.444. The van der Waals surface area contributed by atoms with Gasteiger partial charge in [-0.1, -0.05) is 23.4 Å². The number of hydrogen-bond acceptors (Lipinski definition) is 5. The molecule has 0 saturated carbocycles. The summed E-state index contributed by atoms with van der Waals surface area (Å²) >= 11 is 0. The second-order valence-electron chi connectivity index (χ2n) is 6.42. The standard InChI is InChI=1S/C18H21N3O3/c1-23-12-15-9-16(19-24-15)18(22)21-11-14-6-4-8-20(14)10-13-5-2-3-7-17(13)21/h2-3,5,7,9,14H,4,6,8,10-12H2,1H3. The molecule has 1 aromatic heterocycles. The van der Waals surface area contributed by atoms with Crippen molar-refractivity contribution in [3.05, 3.63) is 47.3 Å². The van der Waals surface area contributed by atoms with Crippen LogP contribution in [0.2, 0.25) is 0 Å². The molecular weight excluding hydrogens is 306 g/mol. The second kappa shape index (κ2) is 6.37. The minimum absolute atomic E-state index is 0.109. The van der Waals surface area contributed by atoms with Gasteiger partial charge < -0.3 is 14.2 Å². The predicted molar refractivity (Wildman–Crippen MR) is 88.8 cm³/mol. The van der Waals surface area contributed by atoms with Crippen LogP contribution in [0.25, 0.3) is 0 Å². The smallest absolute Gasteiger partial charge is 0.280 e. The Labute approximate surface area is 141 Å². The lowest BCUT2D eigenvalue weighted by Crippen LogP contribution is -2.40. The molecular formula is C18H21N3O3. The quantitative estimate of drug-likeness (QED) is 0.867. The van der Waals surface area contributed by atoms with Gasteiger partial charge in [0.05, 0.1) is 0 Å². The molecule has 126 valence electrons. The molecule has 0 radical (unpaired) electrons. The summed E-state index contributed by atoms with van der Waals surface area (Å²) in [4.78, 5) is 17.4. The average Bonchev–Trinajstić information content (AvgIpc) is 3.20. The van der Waals surface area contributed by atoms with E-state index in [1.54, 1.807) is 13.2 Å². The summed E-state index contributed by atoms with van der Waals surface area (Å²) in [5.41, 5.74) is 2.51. The van der Waals surface area contributed by atoms with Gasteiger partial charge in [-0.2, -0.15) is 0 Å². The van der Waals surface area contributed by atoms with E-state index >= 15 is 0 Å². The van der Waals surface area contributed by atoms with E-state index < -0.39 is 0 Å². The van der Waals surface area contributed by atoms with Crippen LogP contribution in [0.3, 0.4) is 0 Å². The molecule has 0 N–H and O–H groups in total. The molecule has 4 rings (SSSR count). The third kappa shape index (κ3) is 2.72. The number of carbonyl (C=O) groups is 1. The van der Waals surface area contributed by atoms with Gasteiger partial charge in [0.2, 0.25) is 0 Å². The summed E-state index contributed by atoms with van der Waals surface area (Å²) < 4.78 is 10.2. The molecule has 0 spiro atoms. The Morgan fingerprint density at radius 1 is 1.42 bits per heavy atom. The third-order valence-electron chi connectivity index (χ3n) is 4.86. The SMILES string of the molecule is COCc1cc(C(=O)N2CC3CCCN3Cc3ccccc32)no1. The molecule has 0 bridgehead atoms. The van der Waals surface area contributed by atoms with E-state index in [-0.39, 0.29) is 5.91 Å². The van der Waals surface area contributed by atoms with Crippen LogP contribution in [-0.4, -0.2) is 42.2 Å². The van der Waals surface area contributed by atoms with Crippen molar-refractivity contribution in [1.82, 2.24) is 10.1 Å². The lowest BCUT2D eigenvalue weighted by atomic mass is 10.1. The first kappa shape index (κ1) is 15.4. The minimum Gasteiger partial charge on any atom is -0.377 e. The van der Waals surface area contributed by atoms with Gasteiger partial charge in [-0.05, 0) is 31.0 Å². The van der Waals surface area contributed by atoms with Crippen LogP contribution in [0.15, 0.2) is 34.9 Å². The van der Waals surface area contributed by atoms with E-state index in [4.69, 9.17) is 9.26 Å². The summed E-state index contributed by atoms with van der Waals surface area (Å²) in [5, 5.41) is 3.94. The number of hydrogen-bond donors (Lipinski definition) is 0. The van der Waals surface area contributed by atoms with E-state index in [1.807, 2.05) is 23.1 Å². The first-order chi connectivity index (χ1) is 11.8. The van der Waals surface area contributed by atoms with Gasteiger partial charge in [0.15, 0.2) is 11.5 Å². The maximum atomic E-state index is 13.1. The van der Waals surface area contributed by atoms with E-state index in [1.165, 1.54) is 12.0 Å². The maximum Gasteiger partial charge on any atom is 0.280 e. The molecule has 1 unspecified atom stereocenters. The highest BCUT2D eigenvalue weighted by Gasteiger charge is 2.34. The van der Waals surface area contributed by atoms with Gasteiger partial charge in [0, 0.05) is 38.0 Å². The largest absolute Gasteiger partial charge is 0.377 e. The van der Waals surface area contributed by atoms with Crippen molar-refractivity contribution in [2.45, 2.75) is 32.0 Å². The van der Waals surface area contributed by atoms with Crippen LogP contribution < -0.4 is 4.90 Å². The minimum atomic E-state index is -0.109. The summed E-state index contributed by atoms with van der Waals surface area (Å²) in [6.45, 7) is 3.01. The van der Waals surface area contributed by atoms with Crippen molar-refractivity contribution < 1.29 is 14.1 Å². The molecule has 3 heterocycles. The first-order valence-electron chi connectivity index (χ1n) is 8.34. The molecule has 6 nitrogen and oxygen atoms in total. The number of aromatic nitrogens is 1. The van der Waals surface area contributed by atoms with E-state index in [2.05, 4.69) is 16.1 Å². The van der Waals surface area contributed by atoms with Gasteiger partial charge in [-0.25, -0.2) is 0 Å². The highest BCUT2D eigenvalue weighted by Crippen LogP contribution is 2.32. The molecule has 2 aromatic rings. The van der Waals surface area contributed by atoms with Crippen molar-refractivity contribution in [3.8, 4) is 0 Å². The van der Waals surface area contributed by atoms with Crippen LogP contribution in [0.1, 0.15) is 34.7 Å². The Bertz CT molecular complexity index is 743. The number of fused-ring (bicyclic) bond motifs is 2. The summed E-state index contributed by atoms with van der Waals surface area (Å²) in [6.07, 6.45) is 2.32. The fourth-order valence-electron chi connectivity index (χ4n) is 3.70. The number of rotatable bonds is 3. The zero-order chi connectivity index (χ0) is 16.5. The second-order valence-corrected chi connectivity index (χ2v) is 6.42. The number of anilines is 1. The number of ether oxygens (including phenoxy) is 1. The molecule has 6 heteroatoms. The molecule has 24 heavy (non-hydrogen) atoms. The van der Waals surface area contributed by atoms with Crippen LogP contribution in [0.4, 0.5) is 5.69 Å². The van der Waals surface area contributed by atoms with E-state index in [0.717, 1.165) is 25.2 Å². The average molecular weight is 327 g/mol. The number of carbonyl (C=O) groups excluding carboxylic acids is 1. The Morgan fingerprint density at radius 3 is 3.17 bits per heavy atom. The molecule has 0 aliphatic carbocycles. The third-order valence-corrected chi connectivity index (χ3v) is 4.86. The Hall–Kier alpha value is -2.18. The van der Waals surface area contributed by atoms with Crippen LogP contribution in [-0.2, 0) is 17.9 Å². The normalized spacial score (nSPS) is 20.5. The first-order valence-corrected chi connectivity index (χ1v) is 8.34. The van der Waals surface area contributed by atoms with Crippen molar-refractivity contribution in [2.24, 2.45) is 0 Å². The highest BCUT2D eigenvalue weighted by atomic mass is 16.5. The van der Waals surface area contributed by atoms with E-state index in [0.29, 0.717) is 30.6 Å². The van der Waals surface area contributed by atoms with Gasteiger partial charge >= 0.3 is 0 Å². The Balaban J connectivity index is 1.68. The van der Waals surface area contributed by atoms with Gasteiger partial charge in [-0.3, -0.25) is 9.69 Å². The van der Waals surface area contributed by atoms with Crippen molar-refractivity contribution in [1.29, 1.82) is 0 Å². The molecule has 1 amide bonds. The fourth-order valence-corrected chi connectivity index (χ4v) is 3.70. The molecule has 1 fully saturated rings. The number of nitrogens with zero attached hydrogens (tertiary/aromatic N) is 3. The molecule has 1 saturated heterocycles. The molecule has 2 aliphatic rings. The Morgan fingerprint density at radius 2 is 2.29 bits per heavy atom. The summed E-state index contributed by atoms with van der Waals surface area (Å²) in [6, 6.07) is 10.2. The van der Waals surface area contributed by atoms with E-state index in [9.17, 15) is 4.79 Å². The summed E-state index contributed by atoms with van der Waals surface area (Å²) in [5.74, 6) is 0.453. The molecule has 2 aliphatic heterocycles. The highest BCUT2D eigenvalue weighted by molar-refractivity contribution is 6.05. The van der Waals surface area contributed by atoms with Crippen LogP contribution in [0, 0.1) is 0 Å². The topological polar surface area (TPSA) is 58.8 Å². The van der Waals surface area contributed by atoms with Crippen LogP contribution >= 0.6 is 0 Å². The molecule has 1 atom stereocenters. The number of methoxy groups -OCH3 is 1. The summed E-state index contributed by atoms with van der Waals surface area (Å²) in [7, 11) is 1.59. The lowest BCUT2D eigenvalue weighted by molar-refractivity contribution is 0.0971. The zero-order valence-corrected chi connectivity index (χ0v) is 13.8. The van der Waals surface area contributed by atoms with Crippen LogP contribution in [0.5, 0.6) is 0 Å². The van der Waals surface area contributed by atoms with Gasteiger partial charge in [0.1, 0.15) is 6.61 Å².